The van der Waals surface area contributed by atoms with E-state index in [-0.39, 0.29) is 12.3 Å². The van der Waals surface area contributed by atoms with Gasteiger partial charge in [0.15, 0.2) is 11.5 Å². The van der Waals surface area contributed by atoms with Gasteiger partial charge in [0.25, 0.3) is 5.91 Å². The van der Waals surface area contributed by atoms with Crippen molar-refractivity contribution in [3.05, 3.63) is 17.5 Å². The molecule has 18 heavy (non-hydrogen) atoms. The molecule has 0 bridgehead atoms. The maximum atomic E-state index is 11.1. The quantitative estimate of drug-likeness (QED) is 0.317. The van der Waals surface area contributed by atoms with Crippen molar-refractivity contribution in [2.75, 3.05) is 27.3 Å². The number of carbonyl (C=O) groups excluding carboxylic acids is 1. The first kappa shape index (κ1) is 14.6. The Hall–Kier alpha value is -1.48. The van der Waals surface area contributed by atoms with Crippen LogP contribution >= 0.6 is 0 Å². The van der Waals surface area contributed by atoms with Gasteiger partial charge in [-0.05, 0) is 7.05 Å². The molecule has 0 aliphatic carbocycles. The number of aromatic nitrogens is 1. The first-order chi connectivity index (χ1) is 8.56. The van der Waals surface area contributed by atoms with E-state index in [4.69, 9.17) is 15.1 Å². The second-order valence-electron chi connectivity index (χ2n) is 3.96. The smallest absolute Gasteiger partial charge is 0.287 e. The van der Waals surface area contributed by atoms with Crippen LogP contribution in [0.2, 0.25) is 0 Å². The molecule has 0 fully saturated rings. The number of aliphatic hydroxyl groups excluding tert-OH is 1. The lowest BCUT2D eigenvalue weighted by Crippen LogP contribution is -2.31. The Kier molecular flexibility index (Phi) is 5.72. The highest BCUT2D eigenvalue weighted by atomic mass is 16.5. The van der Waals surface area contributed by atoms with Crippen molar-refractivity contribution >= 4 is 5.91 Å². The van der Waals surface area contributed by atoms with Crippen LogP contribution < -0.4 is 11.3 Å². The highest BCUT2D eigenvalue weighted by Crippen LogP contribution is 2.06. The Labute approximate surface area is 105 Å². The van der Waals surface area contributed by atoms with Crippen molar-refractivity contribution in [1.82, 2.24) is 15.5 Å². The highest BCUT2D eigenvalue weighted by Gasteiger charge is 2.14. The number of nitrogens with one attached hydrogen (secondary N) is 1. The van der Waals surface area contributed by atoms with Crippen LogP contribution in [0.3, 0.4) is 0 Å². The van der Waals surface area contributed by atoms with Gasteiger partial charge in [-0.1, -0.05) is 5.16 Å². The summed E-state index contributed by atoms with van der Waals surface area (Å²) in [6.07, 6.45) is -0.574. The molecule has 1 aromatic rings. The third-order valence-electron chi connectivity index (χ3n) is 2.23. The van der Waals surface area contributed by atoms with E-state index in [1.807, 2.05) is 17.4 Å². The number of aliphatic hydroxyl groups is 1. The van der Waals surface area contributed by atoms with Crippen molar-refractivity contribution < 1.29 is 19.2 Å². The number of methoxy groups -OCH3 is 1. The van der Waals surface area contributed by atoms with Crippen LogP contribution in [-0.4, -0.2) is 54.5 Å². The van der Waals surface area contributed by atoms with Gasteiger partial charge in [-0.3, -0.25) is 15.1 Å². The molecular formula is C10H18N4O4. The lowest BCUT2D eigenvalue weighted by atomic mass is 10.3. The van der Waals surface area contributed by atoms with E-state index in [9.17, 15) is 9.90 Å². The second-order valence-corrected chi connectivity index (χ2v) is 3.96. The average molecular weight is 258 g/mol. The molecule has 4 N–H and O–H groups in total. The lowest BCUT2D eigenvalue weighted by Gasteiger charge is -2.18. The number of rotatable bonds is 7. The van der Waals surface area contributed by atoms with Crippen LogP contribution in [0, 0.1) is 0 Å². The first-order valence-electron chi connectivity index (χ1n) is 5.39. The minimum Gasteiger partial charge on any atom is -0.389 e. The Morgan fingerprint density at radius 3 is 3.11 bits per heavy atom. The molecule has 1 aromatic heterocycles. The third kappa shape index (κ3) is 4.41. The van der Waals surface area contributed by atoms with Gasteiger partial charge in [0, 0.05) is 19.7 Å². The summed E-state index contributed by atoms with van der Waals surface area (Å²) in [4.78, 5) is 13.0. The average Bonchev–Trinajstić information content (AvgIpc) is 2.76. The molecule has 0 aliphatic rings. The Balaban J connectivity index is 2.46. The van der Waals surface area contributed by atoms with Gasteiger partial charge in [-0.15, -0.1) is 0 Å². The zero-order chi connectivity index (χ0) is 13.5. The van der Waals surface area contributed by atoms with Crippen LogP contribution in [0.15, 0.2) is 10.6 Å². The van der Waals surface area contributed by atoms with Gasteiger partial charge in [0.1, 0.15) is 0 Å². The third-order valence-corrected chi connectivity index (χ3v) is 2.23. The molecule has 0 saturated carbocycles. The van der Waals surface area contributed by atoms with Crippen LogP contribution in [-0.2, 0) is 11.3 Å². The van der Waals surface area contributed by atoms with Crippen molar-refractivity contribution in [1.29, 1.82) is 0 Å². The van der Waals surface area contributed by atoms with Crippen molar-refractivity contribution in [2.24, 2.45) is 5.84 Å². The molecule has 8 heteroatoms. The van der Waals surface area contributed by atoms with Crippen LogP contribution in [0.25, 0.3) is 0 Å². The predicted molar refractivity (Wildman–Crippen MR) is 62.4 cm³/mol. The standard InChI is InChI=1S/C10H18N4O4/c1-14(4-7(15)6-17-2)5-8-3-9(13-18-8)10(16)12-11/h3,7,15H,4-6,11H2,1-2H3,(H,12,16). The molecule has 0 radical (unpaired) electrons. The van der Waals surface area contributed by atoms with Crippen molar-refractivity contribution in [3.63, 3.8) is 0 Å². The minimum atomic E-state index is -0.574. The number of nitrogens with two attached hydrogens (primary N) is 1. The molecule has 1 amide bonds. The first-order valence-corrected chi connectivity index (χ1v) is 5.39. The Morgan fingerprint density at radius 2 is 2.50 bits per heavy atom. The van der Waals surface area contributed by atoms with Crippen LogP contribution in [0.1, 0.15) is 16.2 Å². The summed E-state index contributed by atoms with van der Waals surface area (Å²) in [5, 5.41) is 13.1. The fourth-order valence-electron chi connectivity index (χ4n) is 1.50. The van der Waals surface area contributed by atoms with Gasteiger partial charge in [0.2, 0.25) is 0 Å². The maximum Gasteiger partial charge on any atom is 0.287 e. The van der Waals surface area contributed by atoms with E-state index in [2.05, 4.69) is 5.16 Å². The molecule has 0 aliphatic heterocycles. The SMILES string of the molecule is COCC(O)CN(C)Cc1cc(C(=O)NN)no1. The van der Waals surface area contributed by atoms with Crippen LogP contribution in [0.4, 0.5) is 0 Å². The minimum absolute atomic E-state index is 0.123. The molecule has 1 atom stereocenters. The highest BCUT2D eigenvalue weighted by molar-refractivity contribution is 5.91. The Bertz CT molecular complexity index is 382. The number of amides is 1. The van der Waals surface area contributed by atoms with E-state index in [0.29, 0.717) is 18.8 Å². The second kappa shape index (κ2) is 7.07. The van der Waals surface area contributed by atoms with Crippen molar-refractivity contribution in [3.8, 4) is 0 Å². The molecule has 1 unspecified atom stereocenters. The monoisotopic (exact) mass is 258 g/mol. The summed E-state index contributed by atoms with van der Waals surface area (Å²) in [5.74, 6) is 4.98. The van der Waals surface area contributed by atoms with Crippen LogP contribution in [0.5, 0.6) is 0 Å². The van der Waals surface area contributed by atoms with E-state index in [1.165, 1.54) is 13.2 Å². The summed E-state index contributed by atoms with van der Waals surface area (Å²) in [5.41, 5.74) is 2.09. The molecule has 0 saturated heterocycles. The number of hydrogen-bond donors (Lipinski definition) is 3. The molecule has 0 spiro atoms. The number of nitrogen functional groups attached to an aromatic ring is 1. The fraction of sp³-hybridized carbons (Fsp3) is 0.600. The van der Waals surface area contributed by atoms with E-state index in [1.54, 1.807) is 0 Å². The number of carbonyl (C=O) groups is 1. The summed E-state index contributed by atoms with van der Waals surface area (Å²) in [6.45, 7) is 1.11. The molecule has 8 nitrogen and oxygen atoms in total. The van der Waals surface area contributed by atoms with Crippen molar-refractivity contribution in [2.45, 2.75) is 12.6 Å². The zero-order valence-electron chi connectivity index (χ0n) is 10.4. The van der Waals surface area contributed by atoms with Gasteiger partial charge in [-0.2, -0.15) is 0 Å². The van der Waals surface area contributed by atoms with Gasteiger partial charge in [-0.25, -0.2) is 5.84 Å². The Morgan fingerprint density at radius 1 is 1.78 bits per heavy atom. The lowest BCUT2D eigenvalue weighted by molar-refractivity contribution is 0.0403. The maximum absolute atomic E-state index is 11.1. The number of hydrogen-bond acceptors (Lipinski definition) is 7. The largest absolute Gasteiger partial charge is 0.389 e. The number of likely N-dealkylation sites (N-methyl/N-ethyl adjacent to an activating group) is 1. The topological polar surface area (TPSA) is 114 Å². The predicted octanol–water partition coefficient (Wildman–Crippen LogP) is -1.28. The molecule has 1 rings (SSSR count). The van der Waals surface area contributed by atoms with Gasteiger partial charge in [0.05, 0.1) is 19.3 Å². The molecule has 0 aromatic carbocycles. The zero-order valence-corrected chi connectivity index (χ0v) is 10.4. The van der Waals surface area contributed by atoms with E-state index < -0.39 is 12.0 Å². The van der Waals surface area contributed by atoms with E-state index in [0.717, 1.165) is 0 Å². The number of hydrazine groups is 1. The summed E-state index contributed by atoms with van der Waals surface area (Å²) in [7, 11) is 3.33. The summed E-state index contributed by atoms with van der Waals surface area (Å²) >= 11 is 0. The normalized spacial score (nSPS) is 12.7. The van der Waals surface area contributed by atoms with Gasteiger partial charge < -0.3 is 14.4 Å². The number of nitrogens with zero attached hydrogens (tertiary/aromatic N) is 2. The molecule has 1 heterocycles. The van der Waals surface area contributed by atoms with Gasteiger partial charge >= 0.3 is 0 Å². The molecular weight excluding hydrogens is 240 g/mol. The summed E-state index contributed by atoms with van der Waals surface area (Å²) < 4.78 is 9.80. The fourth-order valence-corrected chi connectivity index (χ4v) is 1.50. The van der Waals surface area contributed by atoms with E-state index >= 15 is 0 Å². The summed E-state index contributed by atoms with van der Waals surface area (Å²) in [6, 6.07) is 1.50. The molecule has 102 valence electrons. The number of ether oxygens (including phenoxy) is 1.